The monoisotopic (exact) mass is 321 g/mol. The maximum atomic E-state index is 12.0. The van der Waals surface area contributed by atoms with Crippen LogP contribution in [0, 0.1) is 0 Å². The van der Waals surface area contributed by atoms with Crippen LogP contribution < -0.4 is 16.6 Å². The molecule has 0 unspecified atom stereocenters. The van der Waals surface area contributed by atoms with Crippen LogP contribution in [0.4, 0.5) is 5.69 Å². The standard InChI is InChI=1S/C14H15N3O4S/c15-17-12-6-4-11(5-7-12)14(18)16-9-10-2-1-3-13(8-10)22(19,20)21/h1-8,17H,9,15H2,(H,16,18)(H,19,20,21). The molecule has 7 nitrogen and oxygen atoms in total. The van der Waals surface area contributed by atoms with Crippen molar-refractivity contribution in [2.75, 3.05) is 5.43 Å². The fourth-order valence-electron chi connectivity index (χ4n) is 1.82. The van der Waals surface area contributed by atoms with Crippen molar-refractivity contribution in [3.63, 3.8) is 0 Å². The molecule has 0 aromatic heterocycles. The molecule has 0 fully saturated rings. The summed E-state index contributed by atoms with van der Waals surface area (Å²) in [6.45, 7) is 0.138. The Balaban J connectivity index is 2.04. The third kappa shape index (κ3) is 4.04. The summed E-state index contributed by atoms with van der Waals surface area (Å²) in [6.07, 6.45) is 0. The highest BCUT2D eigenvalue weighted by Crippen LogP contribution is 2.12. The Labute approximate surface area is 127 Å². The first-order valence-corrected chi connectivity index (χ1v) is 7.75. The Bertz CT molecular complexity index is 773. The number of benzene rings is 2. The van der Waals surface area contributed by atoms with Crippen molar-refractivity contribution in [3.8, 4) is 0 Å². The quantitative estimate of drug-likeness (QED) is 0.372. The van der Waals surface area contributed by atoms with Gasteiger partial charge in [-0.25, -0.2) is 0 Å². The smallest absolute Gasteiger partial charge is 0.294 e. The SMILES string of the molecule is NNc1ccc(C(=O)NCc2cccc(S(=O)(=O)O)c2)cc1. The lowest BCUT2D eigenvalue weighted by atomic mass is 10.2. The number of nitrogens with two attached hydrogens (primary N) is 1. The highest BCUT2D eigenvalue weighted by molar-refractivity contribution is 7.85. The average molecular weight is 321 g/mol. The minimum Gasteiger partial charge on any atom is -0.348 e. The van der Waals surface area contributed by atoms with Crippen molar-refractivity contribution >= 4 is 21.7 Å². The van der Waals surface area contributed by atoms with Crippen LogP contribution in [0.1, 0.15) is 15.9 Å². The molecule has 0 aliphatic rings. The van der Waals surface area contributed by atoms with Crippen molar-refractivity contribution in [2.24, 2.45) is 5.84 Å². The van der Waals surface area contributed by atoms with Crippen LogP contribution in [0.2, 0.25) is 0 Å². The van der Waals surface area contributed by atoms with Crippen LogP contribution >= 0.6 is 0 Å². The number of nitrogen functional groups attached to an aromatic ring is 1. The third-order valence-corrected chi connectivity index (χ3v) is 3.81. The molecule has 2 rings (SSSR count). The summed E-state index contributed by atoms with van der Waals surface area (Å²) in [5, 5.41) is 2.66. The molecule has 0 atom stereocenters. The second-order valence-electron chi connectivity index (χ2n) is 4.53. The fourth-order valence-corrected chi connectivity index (χ4v) is 2.37. The summed E-state index contributed by atoms with van der Waals surface area (Å²) in [5.41, 5.74) is 4.15. The number of hydrazine groups is 1. The number of nitrogens with one attached hydrogen (secondary N) is 2. The Morgan fingerprint density at radius 1 is 1.14 bits per heavy atom. The molecule has 116 valence electrons. The van der Waals surface area contributed by atoms with Gasteiger partial charge in [0.25, 0.3) is 16.0 Å². The van der Waals surface area contributed by atoms with E-state index in [2.05, 4.69) is 10.7 Å². The molecule has 1 amide bonds. The van der Waals surface area contributed by atoms with Crippen LogP contribution in [0.5, 0.6) is 0 Å². The Hall–Kier alpha value is -2.42. The van der Waals surface area contributed by atoms with Gasteiger partial charge in [0.2, 0.25) is 0 Å². The highest BCUT2D eigenvalue weighted by atomic mass is 32.2. The maximum Gasteiger partial charge on any atom is 0.294 e. The predicted octanol–water partition coefficient (Wildman–Crippen LogP) is 1.15. The van der Waals surface area contributed by atoms with Crippen LogP contribution in [-0.4, -0.2) is 18.9 Å². The minimum atomic E-state index is -4.26. The van der Waals surface area contributed by atoms with Crippen molar-refractivity contribution in [1.29, 1.82) is 0 Å². The molecule has 0 spiro atoms. The van der Waals surface area contributed by atoms with Crippen LogP contribution in [0.15, 0.2) is 53.4 Å². The van der Waals surface area contributed by atoms with Gasteiger partial charge in [0.05, 0.1) is 4.90 Å². The molecule has 22 heavy (non-hydrogen) atoms. The lowest BCUT2D eigenvalue weighted by Crippen LogP contribution is -2.22. The van der Waals surface area contributed by atoms with Gasteiger partial charge in [-0.2, -0.15) is 8.42 Å². The largest absolute Gasteiger partial charge is 0.348 e. The second kappa shape index (κ2) is 6.56. The summed E-state index contributed by atoms with van der Waals surface area (Å²) >= 11 is 0. The van der Waals surface area contributed by atoms with Gasteiger partial charge in [-0.05, 0) is 42.0 Å². The van der Waals surface area contributed by atoms with E-state index in [0.29, 0.717) is 16.8 Å². The van der Waals surface area contributed by atoms with E-state index in [-0.39, 0.29) is 17.3 Å². The van der Waals surface area contributed by atoms with Crippen molar-refractivity contribution in [1.82, 2.24) is 5.32 Å². The molecule has 0 saturated heterocycles. The molecule has 5 N–H and O–H groups in total. The number of hydrogen-bond acceptors (Lipinski definition) is 5. The summed E-state index contributed by atoms with van der Waals surface area (Å²) in [7, 11) is -4.26. The molecule has 0 radical (unpaired) electrons. The molecular formula is C14H15N3O4S. The van der Waals surface area contributed by atoms with E-state index in [1.54, 1.807) is 30.3 Å². The summed E-state index contributed by atoms with van der Waals surface area (Å²) < 4.78 is 31.1. The van der Waals surface area contributed by atoms with Crippen molar-refractivity contribution in [3.05, 3.63) is 59.7 Å². The Morgan fingerprint density at radius 2 is 1.82 bits per heavy atom. The van der Waals surface area contributed by atoms with Crippen LogP contribution in [0.3, 0.4) is 0 Å². The van der Waals surface area contributed by atoms with Gasteiger partial charge < -0.3 is 10.7 Å². The zero-order valence-electron chi connectivity index (χ0n) is 11.5. The molecule has 0 aliphatic carbocycles. The summed E-state index contributed by atoms with van der Waals surface area (Å²) in [5.74, 6) is 4.94. The zero-order valence-corrected chi connectivity index (χ0v) is 12.3. The topological polar surface area (TPSA) is 122 Å². The number of rotatable bonds is 5. The van der Waals surface area contributed by atoms with Gasteiger partial charge in [0.15, 0.2) is 0 Å². The van der Waals surface area contributed by atoms with Gasteiger partial charge >= 0.3 is 0 Å². The van der Waals surface area contributed by atoms with E-state index >= 15 is 0 Å². The van der Waals surface area contributed by atoms with E-state index < -0.39 is 10.1 Å². The molecule has 0 bridgehead atoms. The number of carbonyl (C=O) groups excluding carboxylic acids is 1. The molecule has 0 heterocycles. The predicted molar refractivity (Wildman–Crippen MR) is 81.7 cm³/mol. The first-order valence-electron chi connectivity index (χ1n) is 6.31. The van der Waals surface area contributed by atoms with Gasteiger partial charge in [0, 0.05) is 17.8 Å². The highest BCUT2D eigenvalue weighted by Gasteiger charge is 2.10. The Morgan fingerprint density at radius 3 is 2.41 bits per heavy atom. The maximum absolute atomic E-state index is 12.0. The lowest BCUT2D eigenvalue weighted by Gasteiger charge is -2.07. The number of anilines is 1. The first-order chi connectivity index (χ1) is 10.4. The van der Waals surface area contributed by atoms with Crippen LogP contribution in [-0.2, 0) is 16.7 Å². The van der Waals surface area contributed by atoms with Gasteiger partial charge in [-0.15, -0.1) is 0 Å². The summed E-state index contributed by atoms with van der Waals surface area (Å²) in [4.78, 5) is 11.8. The first kappa shape index (κ1) is 16.0. The van der Waals surface area contributed by atoms with E-state index in [9.17, 15) is 13.2 Å². The number of hydrogen-bond donors (Lipinski definition) is 4. The van der Waals surface area contributed by atoms with Gasteiger partial charge in [-0.3, -0.25) is 15.2 Å². The van der Waals surface area contributed by atoms with Crippen molar-refractivity contribution < 1.29 is 17.8 Å². The normalized spacial score (nSPS) is 11.0. The van der Waals surface area contributed by atoms with E-state index in [0.717, 1.165) is 0 Å². The molecule has 2 aromatic rings. The average Bonchev–Trinajstić information content (AvgIpc) is 2.52. The Kier molecular flexibility index (Phi) is 4.76. The molecular weight excluding hydrogens is 306 g/mol. The summed E-state index contributed by atoms with van der Waals surface area (Å²) in [6, 6.07) is 12.3. The zero-order chi connectivity index (χ0) is 16.2. The lowest BCUT2D eigenvalue weighted by molar-refractivity contribution is 0.0951. The van der Waals surface area contributed by atoms with E-state index in [4.69, 9.17) is 10.4 Å². The van der Waals surface area contributed by atoms with Gasteiger partial charge in [-0.1, -0.05) is 12.1 Å². The minimum absolute atomic E-state index is 0.138. The van der Waals surface area contributed by atoms with E-state index in [1.165, 1.54) is 18.2 Å². The van der Waals surface area contributed by atoms with Crippen molar-refractivity contribution in [2.45, 2.75) is 11.4 Å². The molecule has 2 aromatic carbocycles. The second-order valence-corrected chi connectivity index (χ2v) is 5.95. The van der Waals surface area contributed by atoms with Crippen LogP contribution in [0.25, 0.3) is 0 Å². The molecule has 0 saturated carbocycles. The van der Waals surface area contributed by atoms with E-state index in [1.807, 2.05) is 0 Å². The molecule has 0 aliphatic heterocycles. The molecule has 8 heteroatoms. The number of amides is 1. The number of carbonyl (C=O) groups is 1. The van der Waals surface area contributed by atoms with Gasteiger partial charge in [0.1, 0.15) is 0 Å². The fraction of sp³-hybridized carbons (Fsp3) is 0.0714. The third-order valence-electron chi connectivity index (χ3n) is 2.96.